The Morgan fingerprint density at radius 2 is 1.93 bits per heavy atom. The molecule has 2 atom stereocenters. The second-order valence-electron chi connectivity index (χ2n) is 4.53. The SMILES string of the molecule is CN(C)S(=O)(=O)NC1CC(O)C1(C)C. The Labute approximate surface area is 85.3 Å². The fourth-order valence-electron chi connectivity index (χ4n) is 1.39. The van der Waals surface area contributed by atoms with Crippen molar-refractivity contribution in [1.82, 2.24) is 9.03 Å². The van der Waals surface area contributed by atoms with Gasteiger partial charge in [-0.2, -0.15) is 17.4 Å². The third-order valence-corrected chi connectivity index (χ3v) is 4.53. The molecule has 2 unspecified atom stereocenters. The molecule has 0 aromatic rings. The van der Waals surface area contributed by atoms with E-state index in [4.69, 9.17) is 0 Å². The van der Waals surface area contributed by atoms with Crippen molar-refractivity contribution in [3.8, 4) is 0 Å². The van der Waals surface area contributed by atoms with Crippen LogP contribution in [0.2, 0.25) is 0 Å². The molecule has 2 N–H and O–H groups in total. The Morgan fingerprint density at radius 3 is 2.21 bits per heavy atom. The third-order valence-electron chi connectivity index (χ3n) is 2.99. The second-order valence-corrected chi connectivity index (χ2v) is 6.45. The molecule has 0 radical (unpaired) electrons. The molecule has 84 valence electrons. The van der Waals surface area contributed by atoms with Gasteiger partial charge in [0.15, 0.2) is 0 Å². The van der Waals surface area contributed by atoms with Crippen LogP contribution in [0.5, 0.6) is 0 Å². The molecular weight excluding hydrogens is 204 g/mol. The molecule has 1 aliphatic carbocycles. The number of aliphatic hydroxyl groups is 1. The summed E-state index contributed by atoms with van der Waals surface area (Å²) in [4.78, 5) is 0. The van der Waals surface area contributed by atoms with Gasteiger partial charge in [0.25, 0.3) is 10.2 Å². The molecule has 1 rings (SSSR count). The molecular formula is C8H18N2O3S. The smallest absolute Gasteiger partial charge is 0.279 e. The molecule has 6 heteroatoms. The highest BCUT2D eigenvalue weighted by molar-refractivity contribution is 7.87. The first-order chi connectivity index (χ1) is 6.18. The Bertz CT molecular complexity index is 311. The molecule has 0 heterocycles. The Kier molecular flexibility index (Phi) is 2.93. The molecule has 1 fully saturated rings. The zero-order valence-electron chi connectivity index (χ0n) is 8.98. The van der Waals surface area contributed by atoms with E-state index >= 15 is 0 Å². The predicted octanol–water partition coefficient (Wildman–Crippen LogP) is -0.458. The average Bonchev–Trinajstić information content (AvgIpc) is 2.03. The van der Waals surface area contributed by atoms with Crippen molar-refractivity contribution in [3.63, 3.8) is 0 Å². The van der Waals surface area contributed by atoms with E-state index in [1.165, 1.54) is 14.1 Å². The highest BCUT2D eigenvalue weighted by Gasteiger charge is 2.48. The van der Waals surface area contributed by atoms with Gasteiger partial charge in [0.2, 0.25) is 0 Å². The van der Waals surface area contributed by atoms with E-state index in [0.717, 1.165) is 4.31 Å². The van der Waals surface area contributed by atoms with Gasteiger partial charge in [0.05, 0.1) is 6.10 Å². The molecule has 1 saturated carbocycles. The first-order valence-corrected chi connectivity index (χ1v) is 6.00. The summed E-state index contributed by atoms with van der Waals surface area (Å²) >= 11 is 0. The first kappa shape index (κ1) is 11.9. The van der Waals surface area contributed by atoms with Crippen LogP contribution < -0.4 is 4.72 Å². The summed E-state index contributed by atoms with van der Waals surface area (Å²) in [6.45, 7) is 3.70. The molecule has 0 saturated heterocycles. The quantitative estimate of drug-likeness (QED) is 0.679. The number of nitrogens with zero attached hydrogens (tertiary/aromatic N) is 1. The summed E-state index contributed by atoms with van der Waals surface area (Å²) in [5, 5.41) is 9.43. The van der Waals surface area contributed by atoms with E-state index in [2.05, 4.69) is 4.72 Å². The molecule has 0 aromatic carbocycles. The Morgan fingerprint density at radius 1 is 1.43 bits per heavy atom. The van der Waals surface area contributed by atoms with Crippen LogP contribution >= 0.6 is 0 Å². The minimum atomic E-state index is -3.38. The highest BCUT2D eigenvalue weighted by Crippen LogP contribution is 2.40. The first-order valence-electron chi connectivity index (χ1n) is 4.56. The lowest BCUT2D eigenvalue weighted by Gasteiger charge is -2.49. The molecule has 5 nitrogen and oxygen atoms in total. The largest absolute Gasteiger partial charge is 0.392 e. The second kappa shape index (κ2) is 3.44. The van der Waals surface area contributed by atoms with Crippen LogP contribution in [0, 0.1) is 5.41 Å². The molecule has 0 aliphatic heterocycles. The van der Waals surface area contributed by atoms with Gasteiger partial charge in [-0.15, -0.1) is 0 Å². The lowest BCUT2D eigenvalue weighted by atomic mass is 9.65. The number of hydrogen-bond acceptors (Lipinski definition) is 3. The van der Waals surface area contributed by atoms with Gasteiger partial charge in [-0.25, -0.2) is 0 Å². The van der Waals surface area contributed by atoms with Gasteiger partial charge in [-0.1, -0.05) is 13.8 Å². The zero-order valence-corrected chi connectivity index (χ0v) is 9.80. The summed E-state index contributed by atoms with van der Waals surface area (Å²) in [5.41, 5.74) is -0.372. The maximum absolute atomic E-state index is 11.5. The van der Waals surface area contributed by atoms with Crippen molar-refractivity contribution in [1.29, 1.82) is 0 Å². The highest BCUT2D eigenvalue weighted by atomic mass is 32.2. The Hall–Kier alpha value is -0.170. The molecule has 1 aliphatic rings. The van der Waals surface area contributed by atoms with Crippen LogP contribution in [-0.2, 0) is 10.2 Å². The van der Waals surface area contributed by atoms with Crippen molar-refractivity contribution < 1.29 is 13.5 Å². The lowest BCUT2D eigenvalue weighted by Crippen LogP contribution is -2.62. The van der Waals surface area contributed by atoms with Crippen molar-refractivity contribution in [3.05, 3.63) is 0 Å². The number of nitrogens with one attached hydrogen (secondary N) is 1. The summed E-state index contributed by atoms with van der Waals surface area (Å²) in [7, 11) is -0.427. The van der Waals surface area contributed by atoms with Crippen LogP contribution in [-0.4, -0.2) is 44.1 Å². The van der Waals surface area contributed by atoms with E-state index in [-0.39, 0.29) is 11.5 Å². The fraction of sp³-hybridized carbons (Fsp3) is 1.00. The van der Waals surface area contributed by atoms with Crippen LogP contribution in [0.3, 0.4) is 0 Å². The van der Waals surface area contributed by atoms with Crippen molar-refractivity contribution in [2.75, 3.05) is 14.1 Å². The van der Waals surface area contributed by atoms with E-state index in [0.29, 0.717) is 6.42 Å². The van der Waals surface area contributed by atoms with Gasteiger partial charge in [-0.05, 0) is 6.42 Å². The van der Waals surface area contributed by atoms with Crippen LogP contribution in [0.4, 0.5) is 0 Å². The third kappa shape index (κ3) is 1.93. The van der Waals surface area contributed by atoms with Gasteiger partial charge in [-0.3, -0.25) is 0 Å². The number of hydrogen-bond donors (Lipinski definition) is 2. The van der Waals surface area contributed by atoms with Crippen LogP contribution in [0.25, 0.3) is 0 Å². The molecule has 14 heavy (non-hydrogen) atoms. The summed E-state index contributed by atoms with van der Waals surface area (Å²) in [6, 6.07) is -0.176. The predicted molar refractivity (Wildman–Crippen MR) is 53.9 cm³/mol. The minimum Gasteiger partial charge on any atom is -0.392 e. The van der Waals surface area contributed by atoms with E-state index in [9.17, 15) is 13.5 Å². The molecule has 0 bridgehead atoms. The maximum atomic E-state index is 11.5. The molecule has 0 amide bonds. The lowest BCUT2D eigenvalue weighted by molar-refractivity contribution is -0.0648. The van der Waals surface area contributed by atoms with Crippen molar-refractivity contribution in [2.24, 2.45) is 5.41 Å². The molecule has 0 spiro atoms. The van der Waals surface area contributed by atoms with Crippen molar-refractivity contribution >= 4 is 10.2 Å². The van der Waals surface area contributed by atoms with E-state index in [1.807, 2.05) is 13.8 Å². The minimum absolute atomic E-state index is 0.176. The molecule has 0 aromatic heterocycles. The summed E-state index contributed by atoms with van der Waals surface area (Å²) < 4.78 is 26.6. The van der Waals surface area contributed by atoms with Crippen LogP contribution in [0.1, 0.15) is 20.3 Å². The van der Waals surface area contributed by atoms with Crippen molar-refractivity contribution in [2.45, 2.75) is 32.4 Å². The Balaban J connectivity index is 2.65. The van der Waals surface area contributed by atoms with Gasteiger partial charge >= 0.3 is 0 Å². The normalized spacial score (nSPS) is 31.6. The van der Waals surface area contributed by atoms with Gasteiger partial charge < -0.3 is 5.11 Å². The van der Waals surface area contributed by atoms with E-state index < -0.39 is 16.3 Å². The van der Waals surface area contributed by atoms with E-state index in [1.54, 1.807) is 0 Å². The number of aliphatic hydroxyl groups excluding tert-OH is 1. The summed E-state index contributed by atoms with van der Waals surface area (Å²) in [6.07, 6.45) is 0.0671. The number of rotatable bonds is 3. The van der Waals surface area contributed by atoms with Crippen LogP contribution in [0.15, 0.2) is 0 Å². The zero-order chi connectivity index (χ0) is 11.1. The fourth-order valence-corrected chi connectivity index (χ4v) is 2.36. The van der Waals surface area contributed by atoms with Gasteiger partial charge in [0, 0.05) is 25.6 Å². The average molecular weight is 222 g/mol. The maximum Gasteiger partial charge on any atom is 0.279 e. The monoisotopic (exact) mass is 222 g/mol. The van der Waals surface area contributed by atoms with Gasteiger partial charge in [0.1, 0.15) is 0 Å². The summed E-state index contributed by atoms with van der Waals surface area (Å²) in [5.74, 6) is 0. The standard InChI is InChI=1S/C8H18N2O3S/c1-8(2)6(5-7(8)11)9-14(12,13)10(3)4/h6-7,9,11H,5H2,1-4H3. The topological polar surface area (TPSA) is 69.6 Å².